The average Bonchev–Trinajstić information content (AvgIpc) is 2.99. The van der Waals surface area contributed by atoms with Crippen LogP contribution in [-0.4, -0.2) is 4.98 Å². The van der Waals surface area contributed by atoms with Crippen LogP contribution >= 0.6 is 22.7 Å². The number of pyridine rings is 1. The molecule has 3 heterocycles. The van der Waals surface area contributed by atoms with Gasteiger partial charge >= 0.3 is 0 Å². The van der Waals surface area contributed by atoms with Crippen molar-refractivity contribution in [1.29, 1.82) is 0 Å². The van der Waals surface area contributed by atoms with Gasteiger partial charge in [0.2, 0.25) is 0 Å². The van der Waals surface area contributed by atoms with Crippen molar-refractivity contribution in [3.63, 3.8) is 0 Å². The highest BCUT2D eigenvalue weighted by atomic mass is 32.1. The Labute approximate surface area is 143 Å². The summed E-state index contributed by atoms with van der Waals surface area (Å²) < 4.78 is 1.20. The lowest BCUT2D eigenvalue weighted by atomic mass is 10.1. The van der Waals surface area contributed by atoms with Gasteiger partial charge in [0, 0.05) is 16.3 Å². The topological polar surface area (TPSA) is 50.9 Å². The predicted molar refractivity (Wildman–Crippen MR) is 101 cm³/mol. The van der Waals surface area contributed by atoms with Crippen molar-refractivity contribution in [2.75, 3.05) is 5.32 Å². The van der Waals surface area contributed by atoms with Crippen LogP contribution in [0.3, 0.4) is 0 Å². The molecule has 0 spiro atoms. The third-order valence-electron chi connectivity index (χ3n) is 4.38. The van der Waals surface area contributed by atoms with Crippen LogP contribution in [0.4, 0.5) is 5.69 Å². The second-order valence-electron chi connectivity index (χ2n) is 6.12. The fourth-order valence-electron chi connectivity index (χ4n) is 2.86. The van der Waals surface area contributed by atoms with Crippen molar-refractivity contribution < 1.29 is 0 Å². The molecule has 1 saturated carbocycles. The largest absolute Gasteiger partial charge is 0.379 e. The molecule has 118 valence electrons. The van der Waals surface area contributed by atoms with E-state index in [1.807, 2.05) is 6.08 Å². The van der Waals surface area contributed by atoms with E-state index in [1.165, 1.54) is 20.0 Å². The minimum atomic E-state index is -0.116. The predicted octanol–water partition coefficient (Wildman–Crippen LogP) is 4.87. The van der Waals surface area contributed by atoms with Crippen LogP contribution in [0, 0.1) is 6.92 Å². The summed E-state index contributed by atoms with van der Waals surface area (Å²) in [5.41, 5.74) is 10.7. The number of hydrogen-bond donors (Lipinski definition) is 2. The monoisotopic (exact) mass is 341 g/mol. The number of nitrogens with two attached hydrogens (primary N) is 1. The van der Waals surface area contributed by atoms with Gasteiger partial charge in [0.05, 0.1) is 27.1 Å². The maximum atomic E-state index is 6.45. The zero-order valence-corrected chi connectivity index (χ0v) is 14.7. The Morgan fingerprint density at radius 3 is 2.96 bits per heavy atom. The summed E-state index contributed by atoms with van der Waals surface area (Å²) in [5, 5.41) is 5.67. The maximum absolute atomic E-state index is 6.45. The quantitative estimate of drug-likeness (QED) is 0.696. The molecule has 0 radical (unpaired) electrons. The van der Waals surface area contributed by atoms with Crippen molar-refractivity contribution in [2.45, 2.75) is 31.8 Å². The molecule has 5 heteroatoms. The van der Waals surface area contributed by atoms with Crippen molar-refractivity contribution in [1.82, 2.24) is 4.98 Å². The molecule has 1 aliphatic carbocycles. The van der Waals surface area contributed by atoms with Gasteiger partial charge in [0.15, 0.2) is 0 Å². The SMILES string of the molecule is C=Cc1cc(NCc2cccs2)c2sc(C3(N)CC3)c(C)c2n1. The average molecular weight is 342 g/mol. The smallest absolute Gasteiger partial charge is 0.0870 e. The zero-order chi connectivity index (χ0) is 16.0. The minimum absolute atomic E-state index is 0.116. The van der Waals surface area contributed by atoms with Gasteiger partial charge in [-0.05, 0) is 48.9 Å². The van der Waals surface area contributed by atoms with Gasteiger partial charge in [0.25, 0.3) is 0 Å². The van der Waals surface area contributed by atoms with E-state index in [-0.39, 0.29) is 5.54 Å². The zero-order valence-electron chi connectivity index (χ0n) is 13.1. The number of aromatic nitrogens is 1. The van der Waals surface area contributed by atoms with Crippen molar-refractivity contribution >= 4 is 44.7 Å². The first-order chi connectivity index (χ1) is 11.1. The van der Waals surface area contributed by atoms with Crippen molar-refractivity contribution in [3.05, 3.63) is 51.2 Å². The summed E-state index contributed by atoms with van der Waals surface area (Å²) in [4.78, 5) is 7.37. The number of nitrogens with one attached hydrogen (secondary N) is 1. The van der Waals surface area contributed by atoms with E-state index in [1.54, 1.807) is 22.7 Å². The molecule has 0 unspecified atom stereocenters. The number of hydrogen-bond acceptors (Lipinski definition) is 5. The number of nitrogens with zero attached hydrogens (tertiary/aromatic N) is 1. The Morgan fingerprint density at radius 1 is 1.48 bits per heavy atom. The van der Waals surface area contributed by atoms with Crippen LogP contribution in [0.25, 0.3) is 16.3 Å². The van der Waals surface area contributed by atoms with Crippen LogP contribution in [-0.2, 0) is 12.1 Å². The molecule has 3 nitrogen and oxygen atoms in total. The molecule has 1 fully saturated rings. The van der Waals surface area contributed by atoms with Gasteiger partial charge in [-0.25, -0.2) is 4.98 Å². The number of rotatable bonds is 5. The summed E-state index contributed by atoms with van der Waals surface area (Å²) in [7, 11) is 0. The molecule has 3 aromatic rings. The number of fused-ring (bicyclic) bond motifs is 1. The summed E-state index contributed by atoms with van der Waals surface area (Å²) in [5.74, 6) is 0. The number of aryl methyl sites for hydroxylation is 1. The highest BCUT2D eigenvalue weighted by Gasteiger charge is 2.43. The van der Waals surface area contributed by atoms with Gasteiger partial charge in [-0.1, -0.05) is 12.6 Å². The Morgan fingerprint density at radius 2 is 2.30 bits per heavy atom. The molecule has 1 aliphatic rings. The third-order valence-corrected chi connectivity index (χ3v) is 6.79. The van der Waals surface area contributed by atoms with Gasteiger partial charge in [-0.15, -0.1) is 22.7 Å². The van der Waals surface area contributed by atoms with Gasteiger partial charge < -0.3 is 11.1 Å². The molecule has 0 aliphatic heterocycles. The number of thiophene rings is 2. The molecule has 3 N–H and O–H groups in total. The Bertz CT molecular complexity index is 873. The first kappa shape index (κ1) is 14.9. The van der Waals surface area contributed by atoms with E-state index in [0.717, 1.165) is 36.3 Å². The van der Waals surface area contributed by atoms with Crippen molar-refractivity contribution in [2.24, 2.45) is 5.73 Å². The summed E-state index contributed by atoms with van der Waals surface area (Å²) >= 11 is 3.56. The first-order valence-corrected chi connectivity index (χ1v) is 9.42. The number of anilines is 1. The highest BCUT2D eigenvalue weighted by molar-refractivity contribution is 7.20. The fraction of sp³-hybridized carbons (Fsp3) is 0.278. The van der Waals surface area contributed by atoms with Gasteiger partial charge in [-0.3, -0.25) is 0 Å². The lowest BCUT2D eigenvalue weighted by molar-refractivity contribution is 0.753. The molecular formula is C18H19N3S2. The highest BCUT2D eigenvalue weighted by Crippen LogP contribution is 2.50. The van der Waals surface area contributed by atoms with E-state index in [4.69, 9.17) is 10.7 Å². The second kappa shape index (κ2) is 5.44. The standard InChI is InChI=1S/C18H19N3S2/c1-3-12-9-14(20-10-13-5-4-8-22-13)16-15(21-12)11(2)17(23-16)18(19)6-7-18/h3-5,8-9H,1,6-7,10,19H2,2H3,(H,20,21). The summed E-state index contributed by atoms with van der Waals surface area (Å²) in [6.45, 7) is 6.85. The van der Waals surface area contributed by atoms with Crippen LogP contribution < -0.4 is 11.1 Å². The van der Waals surface area contributed by atoms with E-state index in [2.05, 4.69) is 42.4 Å². The molecule has 4 rings (SSSR count). The summed E-state index contributed by atoms with van der Waals surface area (Å²) in [6, 6.07) is 6.31. The molecule has 0 amide bonds. The molecule has 0 saturated heterocycles. The second-order valence-corrected chi connectivity index (χ2v) is 8.17. The van der Waals surface area contributed by atoms with Crippen LogP contribution in [0.1, 0.15) is 33.9 Å². The molecular weight excluding hydrogens is 322 g/mol. The molecule has 23 heavy (non-hydrogen) atoms. The fourth-order valence-corrected chi connectivity index (χ4v) is 4.91. The Kier molecular flexibility index (Phi) is 3.52. The normalized spacial score (nSPS) is 15.7. The van der Waals surface area contributed by atoms with Crippen LogP contribution in [0.2, 0.25) is 0 Å². The lowest BCUT2D eigenvalue weighted by Gasteiger charge is -2.07. The van der Waals surface area contributed by atoms with E-state index >= 15 is 0 Å². The third kappa shape index (κ3) is 2.59. The Hall–Kier alpha value is -1.69. The van der Waals surface area contributed by atoms with Gasteiger partial charge in [-0.2, -0.15) is 0 Å². The van der Waals surface area contributed by atoms with E-state index in [9.17, 15) is 0 Å². The minimum Gasteiger partial charge on any atom is -0.379 e. The van der Waals surface area contributed by atoms with Crippen LogP contribution in [0.5, 0.6) is 0 Å². The first-order valence-electron chi connectivity index (χ1n) is 7.73. The Balaban J connectivity index is 1.79. The molecule has 3 aromatic heterocycles. The van der Waals surface area contributed by atoms with E-state index in [0.29, 0.717) is 0 Å². The molecule has 0 bridgehead atoms. The summed E-state index contributed by atoms with van der Waals surface area (Å²) in [6.07, 6.45) is 3.96. The maximum Gasteiger partial charge on any atom is 0.0870 e. The molecule has 0 atom stereocenters. The van der Waals surface area contributed by atoms with Gasteiger partial charge in [0.1, 0.15) is 0 Å². The lowest BCUT2D eigenvalue weighted by Crippen LogP contribution is -2.17. The van der Waals surface area contributed by atoms with Crippen molar-refractivity contribution in [3.8, 4) is 0 Å². The van der Waals surface area contributed by atoms with Crippen LogP contribution in [0.15, 0.2) is 30.2 Å². The van der Waals surface area contributed by atoms with E-state index < -0.39 is 0 Å². The molecule has 0 aromatic carbocycles.